The first kappa shape index (κ1) is 23.0. The number of fused-ring (bicyclic) bond motifs is 3. The minimum atomic E-state index is -0.643. The van der Waals surface area contributed by atoms with Crippen molar-refractivity contribution >= 4 is 23.3 Å². The number of ether oxygens (including phenoxy) is 1. The summed E-state index contributed by atoms with van der Waals surface area (Å²) in [7, 11) is 0. The van der Waals surface area contributed by atoms with E-state index in [1.54, 1.807) is 0 Å². The Bertz CT molecular complexity index is 1420. The zero-order valence-electron chi connectivity index (χ0n) is 20.7. The molecule has 0 spiro atoms. The molecule has 3 atom stereocenters. The average molecular weight is 489 g/mol. The number of anilines is 2. The van der Waals surface area contributed by atoms with Gasteiger partial charge in [-0.1, -0.05) is 91.0 Å². The maximum Gasteiger partial charge on any atom is 0.331 e. The lowest BCUT2D eigenvalue weighted by molar-refractivity contribution is -0.142. The normalized spacial score (nSPS) is 21.9. The van der Waals surface area contributed by atoms with Gasteiger partial charge in [0, 0.05) is 12.0 Å². The number of nitrogens with zero attached hydrogens (tertiary/aromatic N) is 2. The molecule has 1 saturated heterocycles. The highest BCUT2D eigenvalue weighted by Gasteiger charge is 2.70. The van der Waals surface area contributed by atoms with Gasteiger partial charge in [0.2, 0.25) is 0 Å². The largest absolute Gasteiger partial charge is 0.464 e. The van der Waals surface area contributed by atoms with Crippen molar-refractivity contribution in [3.8, 4) is 0 Å². The summed E-state index contributed by atoms with van der Waals surface area (Å²) in [6, 6.07) is 36.8. The first-order valence-electron chi connectivity index (χ1n) is 12.7. The minimum absolute atomic E-state index is 0.0692. The summed E-state index contributed by atoms with van der Waals surface area (Å²) in [5.41, 5.74) is 3.68. The van der Waals surface area contributed by atoms with Crippen LogP contribution in [-0.4, -0.2) is 24.5 Å². The summed E-state index contributed by atoms with van der Waals surface area (Å²) < 4.78 is 5.58. The van der Waals surface area contributed by atoms with Crippen LogP contribution in [-0.2, 0) is 15.1 Å². The van der Waals surface area contributed by atoms with Gasteiger partial charge in [-0.05, 0) is 42.3 Å². The number of esters is 1. The van der Waals surface area contributed by atoms with Crippen LogP contribution in [0.25, 0.3) is 0 Å². The van der Waals surface area contributed by atoms with Gasteiger partial charge < -0.3 is 9.64 Å². The van der Waals surface area contributed by atoms with Crippen LogP contribution in [0.3, 0.4) is 0 Å². The number of benzene rings is 4. The van der Waals surface area contributed by atoms with E-state index in [2.05, 4.69) is 29.2 Å². The van der Waals surface area contributed by atoms with Gasteiger partial charge >= 0.3 is 5.97 Å². The molecule has 0 aromatic heterocycles. The fourth-order valence-corrected chi connectivity index (χ4v) is 5.90. The molecule has 2 aliphatic heterocycles. The second-order valence-corrected chi connectivity index (χ2v) is 9.48. The molecule has 2 heterocycles. The molecule has 4 aromatic rings. The van der Waals surface area contributed by atoms with Crippen molar-refractivity contribution in [1.82, 2.24) is 0 Å². The first-order valence-corrected chi connectivity index (χ1v) is 12.7. The van der Waals surface area contributed by atoms with Gasteiger partial charge in [0.05, 0.1) is 29.6 Å². The van der Waals surface area contributed by atoms with E-state index in [4.69, 9.17) is 4.74 Å². The molecule has 2 aliphatic rings. The van der Waals surface area contributed by atoms with Gasteiger partial charge in [0.15, 0.2) is 6.04 Å². The van der Waals surface area contributed by atoms with Gasteiger partial charge in [0.1, 0.15) is 0 Å². The standard InChI is InChI=1S/C32H28N2O3/c1-2-37-31(36)29-32(25-18-10-5-11-19-25)22-28(23-14-6-3-7-15-23)33(30(35)24-16-8-4-9-17-24)26-20-12-13-21-27(26)34(29)32/h3-21,28-29H,2,22H2,1H3. The number of rotatable bonds is 5. The fourth-order valence-electron chi connectivity index (χ4n) is 5.90. The molecular weight excluding hydrogens is 460 g/mol. The second-order valence-electron chi connectivity index (χ2n) is 9.48. The van der Waals surface area contributed by atoms with Gasteiger partial charge in [-0.25, -0.2) is 4.79 Å². The number of hydrogen-bond acceptors (Lipinski definition) is 4. The monoisotopic (exact) mass is 488 g/mol. The van der Waals surface area contributed by atoms with Gasteiger partial charge in [-0.2, -0.15) is 0 Å². The molecule has 37 heavy (non-hydrogen) atoms. The van der Waals surface area contributed by atoms with E-state index in [1.165, 1.54) is 0 Å². The van der Waals surface area contributed by atoms with Crippen LogP contribution in [0.15, 0.2) is 115 Å². The Morgan fingerprint density at radius 3 is 2.00 bits per heavy atom. The summed E-state index contributed by atoms with van der Waals surface area (Å²) in [5, 5.41) is 0. The lowest BCUT2D eigenvalue weighted by Crippen LogP contribution is -2.37. The molecule has 0 radical (unpaired) electrons. The average Bonchev–Trinajstić information content (AvgIpc) is 3.65. The molecule has 5 nitrogen and oxygen atoms in total. The Morgan fingerprint density at radius 1 is 0.784 bits per heavy atom. The SMILES string of the molecule is CCOC(=O)C1N2c3ccccc3N(C(=O)c3ccccc3)C(c3ccccc3)CC12c1ccccc1. The highest BCUT2D eigenvalue weighted by molar-refractivity contribution is 6.10. The van der Waals surface area contributed by atoms with Gasteiger partial charge in [-0.3, -0.25) is 9.69 Å². The van der Waals surface area contributed by atoms with E-state index in [9.17, 15) is 9.59 Å². The van der Waals surface area contributed by atoms with Crippen LogP contribution in [0, 0.1) is 0 Å². The quantitative estimate of drug-likeness (QED) is 0.251. The van der Waals surface area contributed by atoms with Crippen LogP contribution in [0.2, 0.25) is 0 Å². The third-order valence-electron chi connectivity index (χ3n) is 7.50. The summed E-state index contributed by atoms with van der Waals surface area (Å²) in [6.07, 6.45) is 0.539. The molecule has 0 N–H and O–H groups in total. The Balaban J connectivity index is 1.60. The van der Waals surface area contributed by atoms with Gasteiger partial charge in [-0.15, -0.1) is 0 Å². The zero-order chi connectivity index (χ0) is 25.4. The summed E-state index contributed by atoms with van der Waals surface area (Å²) in [6.45, 7) is 2.15. The molecule has 0 aliphatic carbocycles. The maximum atomic E-state index is 14.2. The summed E-state index contributed by atoms with van der Waals surface area (Å²) in [4.78, 5) is 31.7. The highest BCUT2D eigenvalue weighted by Crippen LogP contribution is 2.63. The number of carbonyl (C=O) groups excluding carboxylic acids is 2. The van der Waals surface area contributed by atoms with E-state index in [0.29, 0.717) is 18.6 Å². The predicted octanol–water partition coefficient (Wildman–Crippen LogP) is 6.13. The predicted molar refractivity (Wildman–Crippen MR) is 145 cm³/mol. The van der Waals surface area contributed by atoms with Crippen molar-refractivity contribution in [2.45, 2.75) is 31.0 Å². The molecule has 0 saturated carbocycles. The molecule has 6 rings (SSSR count). The van der Waals surface area contributed by atoms with Crippen molar-refractivity contribution in [3.05, 3.63) is 132 Å². The van der Waals surface area contributed by atoms with Crippen molar-refractivity contribution in [3.63, 3.8) is 0 Å². The van der Waals surface area contributed by atoms with Crippen LogP contribution < -0.4 is 9.80 Å². The van der Waals surface area contributed by atoms with Crippen LogP contribution in [0.5, 0.6) is 0 Å². The topological polar surface area (TPSA) is 49.6 Å². The van der Waals surface area contributed by atoms with E-state index in [-0.39, 0.29) is 17.9 Å². The second kappa shape index (κ2) is 9.25. The summed E-state index contributed by atoms with van der Waals surface area (Å²) in [5.74, 6) is -0.309. The van der Waals surface area contributed by atoms with E-state index in [0.717, 1.165) is 22.5 Å². The number of carbonyl (C=O) groups is 2. The molecule has 0 bridgehead atoms. The van der Waals surface area contributed by atoms with Crippen LogP contribution in [0.4, 0.5) is 11.4 Å². The molecule has 1 amide bonds. The minimum Gasteiger partial charge on any atom is -0.464 e. The van der Waals surface area contributed by atoms with E-state index < -0.39 is 11.6 Å². The molecule has 184 valence electrons. The molecule has 3 unspecified atom stereocenters. The Hall–Kier alpha value is -4.38. The maximum absolute atomic E-state index is 14.2. The third-order valence-corrected chi connectivity index (χ3v) is 7.50. The van der Waals surface area contributed by atoms with Crippen molar-refractivity contribution in [1.29, 1.82) is 0 Å². The first-order chi connectivity index (χ1) is 18.2. The number of amides is 1. The Kier molecular flexibility index (Phi) is 5.76. The third kappa shape index (κ3) is 3.70. The van der Waals surface area contributed by atoms with Crippen LogP contribution in [0.1, 0.15) is 40.9 Å². The lowest BCUT2D eigenvalue weighted by atomic mass is 9.85. The van der Waals surface area contributed by atoms with E-state index >= 15 is 0 Å². The zero-order valence-corrected chi connectivity index (χ0v) is 20.7. The number of para-hydroxylation sites is 2. The fraction of sp³-hybridized carbons (Fsp3) is 0.188. The Labute approximate surface area is 216 Å². The molecule has 4 aromatic carbocycles. The van der Waals surface area contributed by atoms with Crippen molar-refractivity contribution in [2.24, 2.45) is 0 Å². The van der Waals surface area contributed by atoms with Crippen LogP contribution >= 0.6 is 0 Å². The summed E-state index contributed by atoms with van der Waals surface area (Å²) >= 11 is 0. The van der Waals surface area contributed by atoms with Gasteiger partial charge in [0.25, 0.3) is 5.91 Å². The molecular formula is C32H28N2O3. The van der Waals surface area contributed by atoms with Crippen molar-refractivity contribution in [2.75, 3.05) is 16.4 Å². The lowest BCUT2D eigenvalue weighted by Gasteiger charge is -2.33. The Morgan fingerprint density at radius 2 is 1.35 bits per heavy atom. The smallest absolute Gasteiger partial charge is 0.331 e. The number of hydrogen-bond donors (Lipinski definition) is 0. The van der Waals surface area contributed by atoms with E-state index in [1.807, 2.05) is 103 Å². The molecule has 1 fully saturated rings. The molecule has 5 heteroatoms. The van der Waals surface area contributed by atoms with Crippen molar-refractivity contribution < 1.29 is 14.3 Å². The highest BCUT2D eigenvalue weighted by atomic mass is 16.5.